The van der Waals surface area contributed by atoms with Crippen molar-refractivity contribution in [1.82, 2.24) is 4.72 Å². The van der Waals surface area contributed by atoms with Crippen LogP contribution in [0.5, 0.6) is 0 Å². The fourth-order valence-electron chi connectivity index (χ4n) is 1.52. The number of nitrogens with one attached hydrogen (secondary N) is 2. The molecule has 0 spiro atoms. The van der Waals surface area contributed by atoms with Crippen LogP contribution in [0.15, 0.2) is 28.0 Å². The predicted molar refractivity (Wildman–Crippen MR) is 82.0 cm³/mol. The first-order valence-electron chi connectivity index (χ1n) is 6.32. The van der Waals surface area contributed by atoms with Crippen molar-refractivity contribution in [2.45, 2.75) is 36.6 Å². The molecule has 0 aliphatic rings. The molecule has 0 radical (unpaired) electrons. The topological polar surface area (TPSA) is 118 Å². The Morgan fingerprint density at radius 2 is 1.67 bits per heavy atom. The van der Waals surface area contributed by atoms with E-state index in [0.717, 1.165) is 12.3 Å². The molecule has 1 atom stereocenters. The zero-order valence-corrected chi connectivity index (χ0v) is 14.0. The molecule has 0 aliphatic carbocycles. The van der Waals surface area contributed by atoms with E-state index >= 15 is 0 Å². The van der Waals surface area contributed by atoms with Crippen LogP contribution in [0.2, 0.25) is 0 Å². The maximum Gasteiger partial charge on any atom is 0.242 e. The van der Waals surface area contributed by atoms with Crippen LogP contribution in [0.25, 0.3) is 0 Å². The molecule has 0 heterocycles. The number of anilines is 1. The number of hydrazine groups is 1. The third-order valence-electron chi connectivity index (χ3n) is 3.17. The van der Waals surface area contributed by atoms with Crippen molar-refractivity contribution >= 4 is 25.5 Å². The van der Waals surface area contributed by atoms with Crippen LogP contribution in [-0.4, -0.2) is 29.1 Å². The van der Waals surface area contributed by atoms with E-state index < -0.39 is 19.9 Å². The van der Waals surface area contributed by atoms with E-state index in [1.165, 1.54) is 12.1 Å². The van der Waals surface area contributed by atoms with Crippen LogP contribution in [0, 0.1) is 5.92 Å². The van der Waals surface area contributed by atoms with Gasteiger partial charge in [0, 0.05) is 12.3 Å². The number of sulfonamides is 1. The highest BCUT2D eigenvalue weighted by Gasteiger charge is 2.24. The van der Waals surface area contributed by atoms with Gasteiger partial charge in [-0.2, -0.15) is 0 Å². The molecule has 7 nitrogen and oxygen atoms in total. The molecule has 0 amide bonds. The van der Waals surface area contributed by atoms with Crippen molar-refractivity contribution < 1.29 is 16.8 Å². The van der Waals surface area contributed by atoms with Crippen molar-refractivity contribution in [3.8, 4) is 0 Å². The first kappa shape index (κ1) is 17.9. The Bertz CT molecular complexity index is 712. The second kappa shape index (κ2) is 6.30. The molecule has 1 aromatic rings. The molecular formula is C12H21N3O4S2. The van der Waals surface area contributed by atoms with E-state index in [1.807, 2.05) is 13.8 Å². The van der Waals surface area contributed by atoms with Crippen molar-refractivity contribution in [2.75, 3.05) is 11.7 Å². The second-order valence-corrected chi connectivity index (χ2v) is 8.93. The van der Waals surface area contributed by atoms with E-state index in [1.54, 1.807) is 6.92 Å². The molecule has 9 heteroatoms. The maximum absolute atomic E-state index is 12.4. The van der Waals surface area contributed by atoms with Crippen molar-refractivity contribution in [2.24, 2.45) is 11.8 Å². The summed E-state index contributed by atoms with van der Waals surface area (Å²) in [4.78, 5) is -0.278. The smallest absolute Gasteiger partial charge is 0.242 e. The van der Waals surface area contributed by atoms with Crippen LogP contribution in [-0.2, 0) is 19.9 Å². The van der Waals surface area contributed by atoms with Gasteiger partial charge in [-0.25, -0.2) is 21.6 Å². The summed E-state index contributed by atoms with van der Waals surface area (Å²) in [6.07, 6.45) is 1.01. The molecule has 0 fully saturated rings. The fourth-order valence-corrected chi connectivity index (χ4v) is 3.83. The summed E-state index contributed by atoms with van der Waals surface area (Å²) in [7, 11) is -7.40. The summed E-state index contributed by atoms with van der Waals surface area (Å²) < 4.78 is 50.5. The van der Waals surface area contributed by atoms with Crippen LogP contribution < -0.4 is 16.0 Å². The van der Waals surface area contributed by atoms with Crippen molar-refractivity contribution in [3.05, 3.63) is 18.2 Å². The lowest BCUT2D eigenvalue weighted by Crippen LogP contribution is -2.36. The van der Waals surface area contributed by atoms with Gasteiger partial charge >= 0.3 is 0 Å². The van der Waals surface area contributed by atoms with Gasteiger partial charge in [0.1, 0.15) is 4.90 Å². The summed E-state index contributed by atoms with van der Waals surface area (Å²) in [6.45, 7) is 5.49. The summed E-state index contributed by atoms with van der Waals surface area (Å²) in [6, 6.07) is 3.42. The SMILES string of the molecule is CC(C)C(C)NS(=O)(=O)c1cc(S(C)(=O)=O)ccc1NN. The Balaban J connectivity index is 3.39. The zero-order chi connectivity index (χ0) is 16.4. The van der Waals surface area contributed by atoms with Gasteiger partial charge in [-0.15, -0.1) is 0 Å². The molecule has 0 saturated carbocycles. The Hall–Kier alpha value is -1.16. The largest absolute Gasteiger partial charge is 0.323 e. The summed E-state index contributed by atoms with van der Waals surface area (Å²) in [5.74, 6) is 5.40. The first-order valence-corrected chi connectivity index (χ1v) is 9.69. The number of hydrogen-bond donors (Lipinski definition) is 3. The highest BCUT2D eigenvalue weighted by molar-refractivity contribution is 7.91. The van der Waals surface area contributed by atoms with E-state index in [4.69, 9.17) is 5.84 Å². The van der Waals surface area contributed by atoms with Gasteiger partial charge in [-0.3, -0.25) is 5.84 Å². The lowest BCUT2D eigenvalue weighted by atomic mass is 10.1. The molecule has 0 aromatic heterocycles. The highest BCUT2D eigenvalue weighted by atomic mass is 32.2. The Kier molecular flexibility index (Phi) is 5.37. The van der Waals surface area contributed by atoms with Crippen LogP contribution >= 0.6 is 0 Å². The summed E-state index contributed by atoms with van der Waals surface area (Å²) in [5, 5.41) is 0. The second-order valence-electron chi connectivity index (χ2n) is 5.23. The zero-order valence-electron chi connectivity index (χ0n) is 12.4. The number of rotatable bonds is 6. The monoisotopic (exact) mass is 335 g/mol. The van der Waals surface area contributed by atoms with Crippen molar-refractivity contribution in [1.29, 1.82) is 0 Å². The van der Waals surface area contributed by atoms with Gasteiger partial charge in [0.05, 0.1) is 10.6 Å². The average Bonchev–Trinajstić information content (AvgIpc) is 2.36. The lowest BCUT2D eigenvalue weighted by molar-refractivity contribution is 0.476. The van der Waals surface area contributed by atoms with E-state index in [2.05, 4.69) is 10.1 Å². The molecule has 0 aliphatic heterocycles. The molecule has 0 bridgehead atoms. The summed E-state index contributed by atoms with van der Waals surface area (Å²) in [5.41, 5.74) is 2.40. The van der Waals surface area contributed by atoms with Crippen molar-refractivity contribution in [3.63, 3.8) is 0 Å². The third kappa shape index (κ3) is 4.40. The Morgan fingerprint density at radius 3 is 2.10 bits per heavy atom. The number of hydrogen-bond acceptors (Lipinski definition) is 6. The van der Waals surface area contributed by atoms with Gasteiger partial charge < -0.3 is 5.43 Å². The quantitative estimate of drug-likeness (QED) is 0.520. The minimum Gasteiger partial charge on any atom is -0.323 e. The highest BCUT2D eigenvalue weighted by Crippen LogP contribution is 2.25. The molecule has 120 valence electrons. The molecule has 21 heavy (non-hydrogen) atoms. The van der Waals surface area contributed by atoms with Gasteiger partial charge in [-0.1, -0.05) is 13.8 Å². The predicted octanol–water partition coefficient (Wildman–Crippen LogP) is 0.699. The number of nitrogens with two attached hydrogens (primary N) is 1. The minimum absolute atomic E-state index is 0.0842. The molecule has 1 aromatic carbocycles. The molecule has 4 N–H and O–H groups in total. The van der Waals surface area contributed by atoms with E-state index in [0.29, 0.717) is 0 Å². The van der Waals surface area contributed by atoms with E-state index in [9.17, 15) is 16.8 Å². The fraction of sp³-hybridized carbons (Fsp3) is 0.500. The first-order chi connectivity index (χ1) is 9.49. The van der Waals surface area contributed by atoms with Gasteiger partial charge in [-0.05, 0) is 31.0 Å². The molecule has 1 rings (SSSR count). The molecule has 1 unspecified atom stereocenters. The summed E-state index contributed by atoms with van der Waals surface area (Å²) >= 11 is 0. The molecular weight excluding hydrogens is 314 g/mol. The number of sulfone groups is 1. The van der Waals surface area contributed by atoms with Gasteiger partial charge in [0.25, 0.3) is 0 Å². The number of nitrogen functional groups attached to an aromatic ring is 1. The average molecular weight is 335 g/mol. The van der Waals surface area contributed by atoms with Gasteiger partial charge in [0.2, 0.25) is 10.0 Å². The third-order valence-corrected chi connectivity index (χ3v) is 5.88. The van der Waals surface area contributed by atoms with Gasteiger partial charge in [0.15, 0.2) is 9.84 Å². The van der Waals surface area contributed by atoms with E-state index in [-0.39, 0.29) is 27.4 Å². The Labute approximate surface area is 125 Å². The lowest BCUT2D eigenvalue weighted by Gasteiger charge is -2.19. The Morgan fingerprint density at radius 1 is 1.10 bits per heavy atom. The van der Waals surface area contributed by atoms with Crippen LogP contribution in [0.4, 0.5) is 5.69 Å². The molecule has 0 saturated heterocycles. The van der Waals surface area contributed by atoms with Crippen LogP contribution in [0.1, 0.15) is 20.8 Å². The van der Waals surface area contributed by atoms with Crippen LogP contribution in [0.3, 0.4) is 0 Å². The normalized spacial score (nSPS) is 14.2. The number of benzene rings is 1. The maximum atomic E-state index is 12.4. The minimum atomic E-state index is -3.89. The standard InChI is InChI=1S/C12H21N3O4S2/c1-8(2)9(3)15-21(18,19)12-7-10(20(4,16)17)5-6-11(12)14-13/h5-9,14-15H,13H2,1-4H3.